The summed E-state index contributed by atoms with van der Waals surface area (Å²) >= 11 is 1.75. The first-order valence-corrected chi connectivity index (χ1v) is 4.80. The van der Waals surface area contributed by atoms with Crippen LogP contribution in [0.4, 0.5) is 8.78 Å². The van der Waals surface area contributed by atoms with E-state index in [9.17, 15) is 8.78 Å². The third-order valence-electron chi connectivity index (χ3n) is 1.66. The Hall–Kier alpha value is -0.500. The third kappa shape index (κ3) is 2.11. The van der Waals surface area contributed by atoms with Gasteiger partial charge < -0.3 is 9.84 Å². The minimum absolute atomic E-state index is 0.181. The van der Waals surface area contributed by atoms with Crippen LogP contribution in [-0.2, 0) is 6.61 Å². The van der Waals surface area contributed by atoms with Gasteiger partial charge in [0.25, 0.3) is 6.43 Å². The number of alkyl halides is 2. The Morgan fingerprint density at radius 3 is 2.71 bits per heavy atom. The van der Waals surface area contributed by atoms with Crippen molar-refractivity contribution < 1.29 is 18.6 Å². The van der Waals surface area contributed by atoms with E-state index in [1.54, 1.807) is 22.6 Å². The fourth-order valence-corrected chi connectivity index (χ4v) is 1.90. The van der Waals surface area contributed by atoms with E-state index in [0.717, 1.165) is 6.20 Å². The Balaban J connectivity index is 3.27. The van der Waals surface area contributed by atoms with Gasteiger partial charge in [-0.2, -0.15) is 0 Å². The summed E-state index contributed by atoms with van der Waals surface area (Å²) in [5.41, 5.74) is 0.0842. The smallest absolute Gasteiger partial charge is 0.266 e. The second-order valence-electron chi connectivity index (χ2n) is 2.47. The number of pyridine rings is 1. The van der Waals surface area contributed by atoms with Crippen LogP contribution in [0.3, 0.4) is 0 Å². The summed E-state index contributed by atoms with van der Waals surface area (Å²) in [6.07, 6.45) is -1.53. The second-order valence-corrected chi connectivity index (χ2v) is 3.55. The number of aliphatic hydroxyl groups excluding tert-OH is 1. The molecule has 0 aliphatic carbocycles. The number of methoxy groups -OCH3 is 1. The van der Waals surface area contributed by atoms with E-state index >= 15 is 0 Å². The monoisotopic (exact) mass is 315 g/mol. The van der Waals surface area contributed by atoms with Crippen molar-refractivity contribution in [2.24, 2.45) is 0 Å². The average molecular weight is 315 g/mol. The summed E-state index contributed by atoms with van der Waals surface area (Å²) < 4.78 is 30.0. The van der Waals surface area contributed by atoms with Crippen molar-refractivity contribution in [1.29, 1.82) is 0 Å². The highest BCUT2D eigenvalue weighted by Gasteiger charge is 2.18. The van der Waals surface area contributed by atoms with Crippen LogP contribution in [0.15, 0.2) is 6.20 Å². The van der Waals surface area contributed by atoms with Crippen molar-refractivity contribution in [1.82, 2.24) is 4.98 Å². The highest BCUT2D eigenvalue weighted by Crippen LogP contribution is 2.32. The second kappa shape index (κ2) is 4.83. The van der Waals surface area contributed by atoms with Gasteiger partial charge in [0.2, 0.25) is 0 Å². The Morgan fingerprint density at radius 1 is 1.64 bits per heavy atom. The Bertz CT molecular complexity index is 333. The fourth-order valence-electron chi connectivity index (χ4n) is 0.993. The van der Waals surface area contributed by atoms with E-state index in [4.69, 9.17) is 9.84 Å². The van der Waals surface area contributed by atoms with Crippen LogP contribution < -0.4 is 4.74 Å². The molecule has 0 amide bonds. The van der Waals surface area contributed by atoms with Gasteiger partial charge in [-0.1, -0.05) is 0 Å². The maximum atomic E-state index is 12.4. The SMILES string of the molecule is COc1c(CO)ncc(C(F)F)c1I. The largest absolute Gasteiger partial charge is 0.494 e. The molecule has 1 N–H and O–H groups in total. The van der Waals surface area contributed by atoms with Gasteiger partial charge in [0.05, 0.1) is 22.9 Å². The van der Waals surface area contributed by atoms with Crippen LogP contribution in [0, 0.1) is 3.57 Å². The van der Waals surface area contributed by atoms with Crippen LogP contribution in [0.1, 0.15) is 17.7 Å². The number of hydrogen-bond acceptors (Lipinski definition) is 3. The van der Waals surface area contributed by atoms with Gasteiger partial charge >= 0.3 is 0 Å². The zero-order valence-electron chi connectivity index (χ0n) is 7.30. The summed E-state index contributed by atoms with van der Waals surface area (Å²) in [7, 11) is 1.35. The summed E-state index contributed by atoms with van der Waals surface area (Å²) in [4.78, 5) is 3.69. The molecular formula is C8H8F2INO2. The molecule has 0 atom stereocenters. The maximum Gasteiger partial charge on any atom is 0.266 e. The number of aliphatic hydroxyl groups is 1. The molecule has 0 saturated heterocycles. The molecule has 0 bridgehead atoms. The van der Waals surface area contributed by atoms with Crippen LogP contribution in [0.25, 0.3) is 0 Å². The molecule has 1 aromatic rings. The number of rotatable bonds is 3. The molecule has 0 aliphatic rings. The quantitative estimate of drug-likeness (QED) is 0.869. The van der Waals surface area contributed by atoms with Gasteiger partial charge in [0.15, 0.2) is 5.75 Å². The minimum Gasteiger partial charge on any atom is -0.494 e. The van der Waals surface area contributed by atoms with Crippen molar-refractivity contribution in [2.75, 3.05) is 7.11 Å². The molecule has 0 fully saturated rings. The predicted octanol–water partition coefficient (Wildman–Crippen LogP) is 2.12. The number of nitrogens with zero attached hydrogens (tertiary/aromatic N) is 1. The lowest BCUT2D eigenvalue weighted by Gasteiger charge is -2.10. The molecule has 14 heavy (non-hydrogen) atoms. The predicted molar refractivity (Wildman–Crippen MR) is 54.4 cm³/mol. The summed E-state index contributed by atoms with van der Waals surface area (Å²) in [6, 6.07) is 0. The van der Waals surface area contributed by atoms with Crippen LogP contribution in [0.5, 0.6) is 5.75 Å². The lowest BCUT2D eigenvalue weighted by molar-refractivity contribution is 0.149. The van der Waals surface area contributed by atoms with Crippen LogP contribution in [-0.4, -0.2) is 17.2 Å². The van der Waals surface area contributed by atoms with Crippen molar-refractivity contribution in [2.45, 2.75) is 13.0 Å². The fraction of sp³-hybridized carbons (Fsp3) is 0.375. The minimum atomic E-state index is -2.59. The van der Waals surface area contributed by atoms with Gasteiger partial charge in [0.1, 0.15) is 5.69 Å². The van der Waals surface area contributed by atoms with Crippen molar-refractivity contribution in [3.8, 4) is 5.75 Å². The molecule has 0 radical (unpaired) electrons. The topological polar surface area (TPSA) is 42.4 Å². The molecule has 1 rings (SSSR count). The van der Waals surface area contributed by atoms with Crippen molar-refractivity contribution >= 4 is 22.6 Å². The number of halogens is 3. The van der Waals surface area contributed by atoms with E-state index in [0.29, 0.717) is 3.57 Å². The molecule has 1 heterocycles. The zero-order chi connectivity index (χ0) is 10.7. The molecule has 0 saturated carbocycles. The van der Waals surface area contributed by atoms with Crippen LogP contribution in [0.2, 0.25) is 0 Å². The van der Waals surface area contributed by atoms with Gasteiger partial charge in [-0.25, -0.2) is 8.78 Å². The lowest BCUT2D eigenvalue weighted by Crippen LogP contribution is -2.02. The molecular weight excluding hydrogens is 307 g/mol. The number of aromatic nitrogens is 1. The molecule has 0 aliphatic heterocycles. The molecule has 0 aromatic carbocycles. The summed E-state index contributed by atoms with van der Waals surface area (Å²) in [6.45, 7) is -0.331. The van der Waals surface area contributed by atoms with E-state index < -0.39 is 6.43 Å². The van der Waals surface area contributed by atoms with E-state index in [1.165, 1.54) is 7.11 Å². The molecule has 6 heteroatoms. The average Bonchev–Trinajstić information content (AvgIpc) is 2.16. The molecule has 3 nitrogen and oxygen atoms in total. The highest BCUT2D eigenvalue weighted by molar-refractivity contribution is 14.1. The van der Waals surface area contributed by atoms with E-state index in [2.05, 4.69) is 4.98 Å². The molecule has 1 aromatic heterocycles. The molecule has 78 valence electrons. The first kappa shape index (κ1) is 11.6. The van der Waals surface area contributed by atoms with Gasteiger partial charge in [-0.3, -0.25) is 4.98 Å². The molecule has 0 unspecified atom stereocenters. The molecule has 0 spiro atoms. The van der Waals surface area contributed by atoms with Gasteiger partial charge in [0, 0.05) is 6.20 Å². The lowest BCUT2D eigenvalue weighted by atomic mass is 10.2. The Kier molecular flexibility index (Phi) is 3.99. The summed E-state index contributed by atoms with van der Waals surface area (Å²) in [5.74, 6) is 0.214. The van der Waals surface area contributed by atoms with Crippen LogP contribution >= 0.6 is 22.6 Å². The zero-order valence-corrected chi connectivity index (χ0v) is 9.46. The van der Waals surface area contributed by atoms with Crippen molar-refractivity contribution in [3.05, 3.63) is 21.0 Å². The standard InChI is InChI=1S/C8H8F2INO2/c1-14-7-5(3-13)12-2-4(6(7)11)8(9)10/h2,8,13H,3H2,1H3. The van der Waals surface area contributed by atoms with E-state index in [-0.39, 0.29) is 23.6 Å². The number of hydrogen-bond donors (Lipinski definition) is 1. The maximum absolute atomic E-state index is 12.4. The van der Waals surface area contributed by atoms with Gasteiger partial charge in [-0.15, -0.1) is 0 Å². The van der Waals surface area contributed by atoms with Gasteiger partial charge in [-0.05, 0) is 22.6 Å². The van der Waals surface area contributed by atoms with Crippen molar-refractivity contribution in [3.63, 3.8) is 0 Å². The first-order valence-electron chi connectivity index (χ1n) is 3.72. The summed E-state index contributed by atoms with van der Waals surface area (Å²) in [5, 5.41) is 8.87. The normalized spacial score (nSPS) is 10.7. The third-order valence-corrected chi connectivity index (χ3v) is 2.78. The number of ether oxygens (including phenoxy) is 1. The van der Waals surface area contributed by atoms with E-state index in [1.807, 2.05) is 0 Å². The Labute approximate surface area is 93.2 Å². The Morgan fingerprint density at radius 2 is 2.29 bits per heavy atom. The first-order chi connectivity index (χ1) is 6.61. The highest BCUT2D eigenvalue weighted by atomic mass is 127.